The van der Waals surface area contributed by atoms with E-state index in [-0.39, 0.29) is 16.9 Å². The van der Waals surface area contributed by atoms with Gasteiger partial charge < -0.3 is 15.6 Å². The standard InChI is InChI=1S/C15H13N3O4/c1-22-14-5-2-9(15(16)21)7-12(14)18-17-11-3-4-13(20)10(6-11)8-19/h2-8,20H,1H3,(H2,16,21). The second kappa shape index (κ2) is 6.49. The molecule has 112 valence electrons. The minimum atomic E-state index is -0.591. The monoisotopic (exact) mass is 299 g/mol. The molecular weight excluding hydrogens is 286 g/mol. The number of rotatable bonds is 5. The van der Waals surface area contributed by atoms with Crippen molar-refractivity contribution in [1.29, 1.82) is 0 Å². The number of ether oxygens (including phenoxy) is 1. The molecule has 0 fully saturated rings. The molecule has 7 nitrogen and oxygen atoms in total. The van der Waals surface area contributed by atoms with Crippen molar-refractivity contribution in [3.63, 3.8) is 0 Å². The minimum Gasteiger partial charge on any atom is -0.507 e. The topological polar surface area (TPSA) is 114 Å². The Balaban J connectivity index is 2.38. The number of methoxy groups -OCH3 is 1. The van der Waals surface area contributed by atoms with Crippen LogP contribution in [-0.4, -0.2) is 24.4 Å². The van der Waals surface area contributed by atoms with Crippen molar-refractivity contribution in [1.82, 2.24) is 0 Å². The van der Waals surface area contributed by atoms with Gasteiger partial charge in [-0.1, -0.05) is 0 Å². The Morgan fingerprint density at radius 1 is 1.23 bits per heavy atom. The zero-order valence-electron chi connectivity index (χ0n) is 11.7. The predicted octanol–water partition coefficient (Wildman–Crippen LogP) is 2.73. The number of nitrogens with two attached hydrogens (primary N) is 1. The predicted molar refractivity (Wildman–Crippen MR) is 79.2 cm³/mol. The van der Waals surface area contributed by atoms with E-state index in [2.05, 4.69) is 10.2 Å². The number of phenols is 1. The third kappa shape index (κ3) is 3.26. The van der Waals surface area contributed by atoms with Crippen LogP contribution in [0.1, 0.15) is 20.7 Å². The van der Waals surface area contributed by atoms with Crippen LogP contribution in [0.25, 0.3) is 0 Å². The fourth-order valence-corrected chi connectivity index (χ4v) is 1.73. The van der Waals surface area contributed by atoms with Crippen molar-refractivity contribution < 1.29 is 19.4 Å². The van der Waals surface area contributed by atoms with Crippen LogP contribution >= 0.6 is 0 Å². The van der Waals surface area contributed by atoms with Gasteiger partial charge in [0.05, 0.1) is 18.4 Å². The first-order valence-corrected chi connectivity index (χ1v) is 6.23. The van der Waals surface area contributed by atoms with Crippen LogP contribution in [0, 0.1) is 0 Å². The number of phenolic OH excluding ortho intramolecular Hbond substituents is 1. The quantitative estimate of drug-likeness (QED) is 0.652. The van der Waals surface area contributed by atoms with E-state index in [0.717, 1.165) is 0 Å². The zero-order valence-corrected chi connectivity index (χ0v) is 11.7. The highest BCUT2D eigenvalue weighted by Gasteiger charge is 2.07. The highest BCUT2D eigenvalue weighted by Crippen LogP contribution is 2.30. The number of amides is 1. The van der Waals surface area contributed by atoms with Gasteiger partial charge in [0.1, 0.15) is 17.2 Å². The van der Waals surface area contributed by atoms with Crippen LogP contribution in [0.4, 0.5) is 11.4 Å². The van der Waals surface area contributed by atoms with E-state index in [1.165, 1.54) is 37.4 Å². The molecule has 0 aromatic heterocycles. The fraction of sp³-hybridized carbons (Fsp3) is 0.0667. The molecule has 3 N–H and O–H groups in total. The van der Waals surface area contributed by atoms with Crippen LogP contribution in [0.15, 0.2) is 46.6 Å². The number of primary amides is 1. The zero-order chi connectivity index (χ0) is 16.1. The van der Waals surface area contributed by atoms with Gasteiger partial charge in [-0.05, 0) is 36.4 Å². The Bertz CT molecular complexity index is 756. The Labute approximate surface area is 126 Å². The van der Waals surface area contributed by atoms with Gasteiger partial charge in [0.2, 0.25) is 5.91 Å². The number of aldehydes is 1. The molecule has 0 saturated carbocycles. The Morgan fingerprint density at radius 3 is 2.64 bits per heavy atom. The number of hydrogen-bond acceptors (Lipinski definition) is 6. The lowest BCUT2D eigenvalue weighted by atomic mass is 10.2. The van der Waals surface area contributed by atoms with Crippen molar-refractivity contribution in [3.05, 3.63) is 47.5 Å². The molecule has 0 aliphatic heterocycles. The van der Waals surface area contributed by atoms with E-state index in [9.17, 15) is 14.7 Å². The minimum absolute atomic E-state index is 0.106. The third-order valence-electron chi connectivity index (χ3n) is 2.87. The van der Waals surface area contributed by atoms with Crippen LogP contribution in [-0.2, 0) is 0 Å². The molecule has 0 aliphatic carbocycles. The summed E-state index contributed by atoms with van der Waals surface area (Å²) >= 11 is 0. The van der Waals surface area contributed by atoms with Crippen molar-refractivity contribution in [2.24, 2.45) is 16.0 Å². The van der Waals surface area contributed by atoms with Gasteiger partial charge in [-0.2, -0.15) is 5.11 Å². The number of nitrogens with zero attached hydrogens (tertiary/aromatic N) is 2. The van der Waals surface area contributed by atoms with Gasteiger partial charge in [-0.3, -0.25) is 9.59 Å². The first-order valence-electron chi connectivity index (χ1n) is 6.23. The van der Waals surface area contributed by atoms with Gasteiger partial charge in [0.25, 0.3) is 0 Å². The summed E-state index contributed by atoms with van der Waals surface area (Å²) in [6.07, 6.45) is 0.517. The van der Waals surface area contributed by atoms with Gasteiger partial charge in [0.15, 0.2) is 6.29 Å². The van der Waals surface area contributed by atoms with E-state index in [0.29, 0.717) is 23.4 Å². The second-order valence-electron chi connectivity index (χ2n) is 4.31. The maximum atomic E-state index is 11.2. The Hall–Kier alpha value is -3.22. The normalized spacial score (nSPS) is 10.6. The molecule has 7 heteroatoms. The molecule has 0 spiro atoms. The number of azo groups is 1. The largest absolute Gasteiger partial charge is 0.507 e. The van der Waals surface area contributed by atoms with Crippen LogP contribution < -0.4 is 10.5 Å². The van der Waals surface area contributed by atoms with Crippen molar-refractivity contribution in [3.8, 4) is 11.5 Å². The fourth-order valence-electron chi connectivity index (χ4n) is 1.73. The summed E-state index contributed by atoms with van der Waals surface area (Å²) in [5.41, 5.74) is 6.28. The van der Waals surface area contributed by atoms with Gasteiger partial charge >= 0.3 is 0 Å². The molecule has 0 atom stereocenters. The SMILES string of the molecule is COc1ccc(C(N)=O)cc1N=Nc1ccc(O)c(C=O)c1. The highest BCUT2D eigenvalue weighted by atomic mass is 16.5. The van der Waals surface area contributed by atoms with E-state index in [1.54, 1.807) is 6.07 Å². The molecular formula is C15H13N3O4. The summed E-state index contributed by atoms with van der Waals surface area (Å²) in [4.78, 5) is 22.0. The Morgan fingerprint density at radius 2 is 2.00 bits per heavy atom. The first-order chi connectivity index (χ1) is 10.5. The van der Waals surface area contributed by atoms with Gasteiger partial charge in [0, 0.05) is 5.56 Å². The summed E-state index contributed by atoms with van der Waals surface area (Å²) in [5, 5.41) is 17.4. The lowest BCUT2D eigenvalue weighted by molar-refractivity contribution is 0.0999. The maximum absolute atomic E-state index is 11.2. The molecule has 0 heterocycles. The average molecular weight is 299 g/mol. The van der Waals surface area contributed by atoms with E-state index in [4.69, 9.17) is 10.5 Å². The maximum Gasteiger partial charge on any atom is 0.248 e. The molecule has 0 saturated heterocycles. The lowest BCUT2D eigenvalue weighted by Crippen LogP contribution is -2.10. The lowest BCUT2D eigenvalue weighted by Gasteiger charge is -2.05. The number of benzene rings is 2. The molecule has 2 aromatic rings. The molecule has 0 bridgehead atoms. The summed E-state index contributed by atoms with van der Waals surface area (Å²) < 4.78 is 5.13. The summed E-state index contributed by atoms with van der Waals surface area (Å²) in [5.74, 6) is -0.308. The summed E-state index contributed by atoms with van der Waals surface area (Å²) in [6.45, 7) is 0. The van der Waals surface area contributed by atoms with E-state index in [1.807, 2.05) is 0 Å². The van der Waals surface area contributed by atoms with Gasteiger partial charge in [-0.25, -0.2) is 0 Å². The van der Waals surface area contributed by atoms with Crippen LogP contribution in [0.5, 0.6) is 11.5 Å². The molecule has 0 aliphatic rings. The number of carbonyl (C=O) groups excluding carboxylic acids is 2. The second-order valence-corrected chi connectivity index (χ2v) is 4.31. The summed E-state index contributed by atoms with van der Waals surface area (Å²) in [6, 6.07) is 8.75. The van der Waals surface area contributed by atoms with E-state index >= 15 is 0 Å². The molecule has 22 heavy (non-hydrogen) atoms. The molecule has 0 radical (unpaired) electrons. The molecule has 1 amide bonds. The molecule has 0 unspecified atom stereocenters. The van der Waals surface area contributed by atoms with E-state index < -0.39 is 5.91 Å². The van der Waals surface area contributed by atoms with Crippen molar-refractivity contribution >= 4 is 23.6 Å². The van der Waals surface area contributed by atoms with Crippen molar-refractivity contribution in [2.75, 3.05) is 7.11 Å². The number of hydrogen-bond donors (Lipinski definition) is 2. The molecule has 2 aromatic carbocycles. The molecule has 2 rings (SSSR count). The highest BCUT2D eigenvalue weighted by molar-refractivity contribution is 5.94. The third-order valence-corrected chi connectivity index (χ3v) is 2.87. The van der Waals surface area contributed by atoms with Crippen molar-refractivity contribution in [2.45, 2.75) is 0 Å². The average Bonchev–Trinajstić information content (AvgIpc) is 2.53. The smallest absolute Gasteiger partial charge is 0.248 e. The van der Waals surface area contributed by atoms with Crippen LogP contribution in [0.3, 0.4) is 0 Å². The van der Waals surface area contributed by atoms with Gasteiger partial charge in [-0.15, -0.1) is 5.11 Å². The number of carbonyl (C=O) groups is 2. The summed E-state index contributed by atoms with van der Waals surface area (Å²) in [7, 11) is 1.46. The number of aromatic hydroxyl groups is 1. The first kappa shape index (κ1) is 15.2. The van der Waals surface area contributed by atoms with Crippen LogP contribution in [0.2, 0.25) is 0 Å². The Kier molecular flexibility index (Phi) is 4.47.